The van der Waals surface area contributed by atoms with Crippen molar-refractivity contribution in [2.24, 2.45) is 17.3 Å². The number of carbonyl (C=O) groups is 3. The molecule has 2 aliphatic carbocycles. The molecule has 5 rings (SSSR count). The van der Waals surface area contributed by atoms with E-state index in [9.17, 15) is 14.4 Å². The number of esters is 2. The van der Waals surface area contributed by atoms with E-state index in [1.807, 2.05) is 27.7 Å². The molecule has 2 aromatic heterocycles. The maximum atomic E-state index is 13.4. The molecule has 1 saturated heterocycles. The summed E-state index contributed by atoms with van der Waals surface area (Å²) in [5.74, 6) is -1.43. The molecule has 1 spiro atoms. The molecule has 2 saturated carbocycles. The summed E-state index contributed by atoms with van der Waals surface area (Å²) in [6.45, 7) is 7.91. The van der Waals surface area contributed by atoms with Crippen LogP contribution in [0.15, 0.2) is 46.0 Å². The molecule has 0 N–H and O–H groups in total. The predicted octanol–water partition coefficient (Wildman–Crippen LogP) is 4.20. The summed E-state index contributed by atoms with van der Waals surface area (Å²) in [4.78, 5) is 39.2. The van der Waals surface area contributed by atoms with Crippen LogP contribution in [-0.2, 0) is 19.0 Å². The Hall–Kier alpha value is -2.87. The molecule has 3 heterocycles. The van der Waals surface area contributed by atoms with E-state index >= 15 is 0 Å². The third-order valence-corrected chi connectivity index (χ3v) is 8.19. The fraction of sp³-hybridized carbons (Fsp3) is 0.560. The van der Waals surface area contributed by atoms with Gasteiger partial charge in [0, 0.05) is 6.42 Å². The number of furan rings is 2. The van der Waals surface area contributed by atoms with Gasteiger partial charge in [0.1, 0.15) is 18.6 Å². The first-order valence-corrected chi connectivity index (χ1v) is 11.3. The van der Waals surface area contributed by atoms with E-state index in [1.165, 1.54) is 37.2 Å². The molecule has 0 aromatic carbocycles. The van der Waals surface area contributed by atoms with Crippen LogP contribution in [0.2, 0.25) is 0 Å². The molecule has 8 nitrogen and oxygen atoms in total. The maximum Gasteiger partial charge on any atom is 0.342 e. The molecular weight excluding hydrogens is 428 g/mol. The number of ether oxygens (including phenoxy) is 3. The highest BCUT2D eigenvalue weighted by Crippen LogP contribution is 2.66. The SMILES string of the molecule is CC1CC(=O)C(OC(=O)c2ccoc2)C2(C)C(OC(=O)c3ccoc3)CC3CC12OC3(C)C. The summed E-state index contributed by atoms with van der Waals surface area (Å²) in [5.41, 5.74) is -1.85. The van der Waals surface area contributed by atoms with Gasteiger partial charge in [0.2, 0.25) is 0 Å². The lowest BCUT2D eigenvalue weighted by molar-refractivity contribution is -0.245. The minimum Gasteiger partial charge on any atom is -0.472 e. The first kappa shape index (κ1) is 21.9. The third kappa shape index (κ3) is 3.10. The number of hydrogen-bond acceptors (Lipinski definition) is 8. The molecule has 176 valence electrons. The van der Waals surface area contributed by atoms with Crippen molar-refractivity contribution in [2.45, 2.75) is 70.4 Å². The Morgan fingerprint density at radius 3 is 2.18 bits per heavy atom. The first-order chi connectivity index (χ1) is 15.6. The van der Waals surface area contributed by atoms with Gasteiger partial charge in [-0.2, -0.15) is 0 Å². The van der Waals surface area contributed by atoms with Crippen LogP contribution in [0.3, 0.4) is 0 Å². The van der Waals surface area contributed by atoms with Crippen LogP contribution < -0.4 is 0 Å². The topological polar surface area (TPSA) is 105 Å². The number of rotatable bonds is 4. The lowest BCUT2D eigenvalue weighted by atomic mass is 9.50. The zero-order valence-corrected chi connectivity index (χ0v) is 19.2. The molecule has 2 aromatic rings. The van der Waals surface area contributed by atoms with Crippen molar-refractivity contribution in [1.29, 1.82) is 0 Å². The van der Waals surface area contributed by atoms with Crippen LogP contribution in [0.1, 0.15) is 67.7 Å². The van der Waals surface area contributed by atoms with Crippen LogP contribution in [0.5, 0.6) is 0 Å². The van der Waals surface area contributed by atoms with Crippen LogP contribution in [0.4, 0.5) is 0 Å². The molecule has 0 radical (unpaired) electrons. The van der Waals surface area contributed by atoms with Crippen LogP contribution in [0.25, 0.3) is 0 Å². The van der Waals surface area contributed by atoms with Crippen molar-refractivity contribution < 1.29 is 37.4 Å². The highest BCUT2D eigenvalue weighted by atomic mass is 16.6. The number of ketones is 1. The summed E-state index contributed by atoms with van der Waals surface area (Å²) in [6.07, 6.45) is 4.94. The monoisotopic (exact) mass is 456 g/mol. The Balaban J connectivity index is 1.57. The largest absolute Gasteiger partial charge is 0.472 e. The Labute approximate surface area is 191 Å². The standard InChI is InChI=1S/C25H28O8/c1-14-9-18(26)20(32-22(28)16-6-8-30-13-16)24(4)19(31-21(27)15-5-7-29-12-15)10-17-11-25(14,24)33-23(17,2)3/h5-8,12-14,17,19-20H,9-11H2,1-4H3. The van der Waals surface area contributed by atoms with E-state index in [4.69, 9.17) is 23.0 Å². The lowest BCUT2D eigenvalue weighted by Gasteiger charge is -2.59. The minimum absolute atomic E-state index is 0.119. The van der Waals surface area contributed by atoms with Crippen molar-refractivity contribution >= 4 is 17.7 Å². The highest BCUT2D eigenvalue weighted by Gasteiger charge is 2.75. The molecule has 6 unspecified atom stereocenters. The molecule has 2 bridgehead atoms. The molecule has 6 atom stereocenters. The highest BCUT2D eigenvalue weighted by molar-refractivity contribution is 5.94. The molecule has 1 aliphatic heterocycles. The van der Waals surface area contributed by atoms with Gasteiger partial charge in [-0.1, -0.05) is 6.92 Å². The van der Waals surface area contributed by atoms with Gasteiger partial charge >= 0.3 is 11.9 Å². The van der Waals surface area contributed by atoms with Crippen LogP contribution in [0, 0.1) is 17.3 Å². The average Bonchev–Trinajstić information content (AvgIpc) is 3.50. The molecule has 3 aliphatic rings. The Bertz CT molecular complexity index is 1070. The summed E-state index contributed by atoms with van der Waals surface area (Å²) in [6, 6.07) is 3.02. The smallest absolute Gasteiger partial charge is 0.342 e. The molecule has 8 heteroatoms. The van der Waals surface area contributed by atoms with Gasteiger partial charge in [0.25, 0.3) is 0 Å². The minimum atomic E-state index is -1.13. The quantitative estimate of drug-likeness (QED) is 0.631. The second-order valence-corrected chi connectivity index (χ2v) is 10.3. The summed E-state index contributed by atoms with van der Waals surface area (Å²) in [7, 11) is 0. The number of carbonyl (C=O) groups excluding carboxylic acids is 3. The second-order valence-electron chi connectivity index (χ2n) is 10.3. The van der Waals surface area contributed by atoms with E-state index < -0.39 is 40.8 Å². The lowest BCUT2D eigenvalue weighted by Crippen LogP contribution is -2.70. The number of fused-ring (bicyclic) bond motifs is 1. The summed E-state index contributed by atoms with van der Waals surface area (Å²) < 4.78 is 28.7. The Morgan fingerprint density at radius 1 is 1.00 bits per heavy atom. The van der Waals surface area contributed by atoms with E-state index in [0.29, 0.717) is 12.8 Å². The molecule has 33 heavy (non-hydrogen) atoms. The van der Waals surface area contributed by atoms with Crippen LogP contribution in [-0.4, -0.2) is 41.1 Å². The maximum absolute atomic E-state index is 13.4. The normalized spacial score (nSPS) is 36.8. The zero-order valence-electron chi connectivity index (χ0n) is 19.2. The molecule has 0 amide bonds. The Kier molecular flexibility index (Phi) is 4.87. The van der Waals surface area contributed by atoms with E-state index in [-0.39, 0.29) is 35.2 Å². The Morgan fingerprint density at radius 2 is 1.61 bits per heavy atom. The van der Waals surface area contributed by atoms with Crippen LogP contribution >= 0.6 is 0 Å². The van der Waals surface area contributed by atoms with Gasteiger partial charge in [-0.25, -0.2) is 9.59 Å². The summed E-state index contributed by atoms with van der Waals surface area (Å²) >= 11 is 0. The van der Waals surface area contributed by atoms with Crippen molar-refractivity contribution in [1.82, 2.24) is 0 Å². The van der Waals surface area contributed by atoms with E-state index in [1.54, 1.807) is 0 Å². The number of Topliss-reactive ketones (excluding diaryl/α,β-unsaturated/α-hetero) is 1. The average molecular weight is 456 g/mol. The molecule has 3 fully saturated rings. The number of hydrogen-bond donors (Lipinski definition) is 0. The van der Waals surface area contributed by atoms with E-state index in [0.717, 1.165) is 0 Å². The van der Waals surface area contributed by atoms with Crippen molar-refractivity contribution in [3.63, 3.8) is 0 Å². The predicted molar refractivity (Wildman–Crippen MR) is 113 cm³/mol. The summed E-state index contributed by atoms with van der Waals surface area (Å²) in [5, 5.41) is 0. The third-order valence-electron chi connectivity index (χ3n) is 8.19. The van der Waals surface area contributed by atoms with Gasteiger partial charge in [0.05, 0.1) is 40.3 Å². The van der Waals surface area contributed by atoms with Gasteiger partial charge in [-0.05, 0) is 57.6 Å². The fourth-order valence-corrected chi connectivity index (χ4v) is 6.30. The zero-order chi connectivity index (χ0) is 23.6. The first-order valence-electron chi connectivity index (χ1n) is 11.3. The van der Waals surface area contributed by atoms with Crippen molar-refractivity contribution in [3.05, 3.63) is 48.3 Å². The molecular formula is C25H28O8. The van der Waals surface area contributed by atoms with Gasteiger partial charge in [-0.3, -0.25) is 4.79 Å². The van der Waals surface area contributed by atoms with Gasteiger partial charge in [-0.15, -0.1) is 0 Å². The fourth-order valence-electron chi connectivity index (χ4n) is 6.30. The second kappa shape index (κ2) is 7.32. The van der Waals surface area contributed by atoms with Gasteiger partial charge in [0.15, 0.2) is 11.9 Å². The van der Waals surface area contributed by atoms with Crippen molar-refractivity contribution in [2.75, 3.05) is 0 Å². The van der Waals surface area contributed by atoms with Gasteiger partial charge < -0.3 is 23.0 Å². The van der Waals surface area contributed by atoms with E-state index in [2.05, 4.69) is 0 Å². The van der Waals surface area contributed by atoms with Crippen molar-refractivity contribution in [3.8, 4) is 0 Å².